The van der Waals surface area contributed by atoms with E-state index in [1.807, 2.05) is 33.8 Å². The summed E-state index contributed by atoms with van der Waals surface area (Å²) >= 11 is 0. The van der Waals surface area contributed by atoms with Crippen molar-refractivity contribution in [1.82, 2.24) is 0 Å². The molecule has 0 aromatic heterocycles. The van der Waals surface area contributed by atoms with Crippen LogP contribution in [0.3, 0.4) is 0 Å². The lowest BCUT2D eigenvalue weighted by Gasteiger charge is -2.13. The number of ether oxygens (including phenoxy) is 1. The van der Waals surface area contributed by atoms with Crippen molar-refractivity contribution in [3.63, 3.8) is 0 Å². The van der Waals surface area contributed by atoms with Gasteiger partial charge >= 0.3 is 0 Å². The van der Waals surface area contributed by atoms with Gasteiger partial charge in [0.2, 0.25) is 0 Å². The van der Waals surface area contributed by atoms with Crippen molar-refractivity contribution in [3.8, 4) is 0 Å². The second kappa shape index (κ2) is 17.6. The number of rotatable bonds is 10. The maximum absolute atomic E-state index is 9.29. The molecule has 0 radical (unpaired) electrons. The van der Waals surface area contributed by atoms with Crippen molar-refractivity contribution < 1.29 is 9.84 Å². The maximum atomic E-state index is 9.29. The first-order chi connectivity index (χ1) is 12.1. The summed E-state index contributed by atoms with van der Waals surface area (Å²) in [5.74, 6) is 0.925. The Balaban J connectivity index is -0.00000123. The topological polar surface area (TPSA) is 81.5 Å². The Morgan fingerprint density at radius 1 is 0.962 bits per heavy atom. The lowest BCUT2D eigenvalue weighted by molar-refractivity contribution is 0.177. The van der Waals surface area contributed by atoms with Crippen molar-refractivity contribution >= 4 is 0 Å². The maximum Gasteiger partial charge on any atom is 0.143 e. The summed E-state index contributed by atoms with van der Waals surface area (Å²) in [6, 6.07) is 0. The summed E-state index contributed by atoms with van der Waals surface area (Å²) in [4.78, 5) is 0. The zero-order chi connectivity index (χ0) is 21.3. The van der Waals surface area contributed by atoms with E-state index < -0.39 is 0 Å². The molecule has 0 bridgehead atoms. The minimum Gasteiger partial charge on any atom is -0.456 e. The quantitative estimate of drug-likeness (QED) is 0.362. The molecule has 0 fully saturated rings. The molecule has 0 amide bonds. The first-order valence-corrected chi connectivity index (χ1v) is 9.16. The number of aliphatic hydroxyl groups excluding tert-OH is 1. The third kappa shape index (κ3) is 16.7. The van der Waals surface area contributed by atoms with Gasteiger partial charge in [-0.2, -0.15) is 0 Å². The van der Waals surface area contributed by atoms with Crippen molar-refractivity contribution in [2.24, 2.45) is 17.4 Å². The summed E-state index contributed by atoms with van der Waals surface area (Å²) in [6.07, 6.45) is 6.33. The minimum atomic E-state index is -0.298. The predicted octanol–water partition coefficient (Wildman–Crippen LogP) is 5.31. The molecule has 0 spiro atoms. The van der Waals surface area contributed by atoms with Crippen LogP contribution in [0.1, 0.15) is 54.4 Å². The van der Waals surface area contributed by atoms with Crippen molar-refractivity contribution in [2.75, 3.05) is 0 Å². The van der Waals surface area contributed by atoms with Gasteiger partial charge in [0, 0.05) is 5.70 Å². The Labute approximate surface area is 161 Å². The average molecular weight is 365 g/mol. The fraction of sp³-hybridized carbons (Fsp3) is 0.455. The lowest BCUT2D eigenvalue weighted by Crippen LogP contribution is -2.06. The second-order valence-corrected chi connectivity index (χ2v) is 5.40. The van der Waals surface area contributed by atoms with Gasteiger partial charge in [-0.25, -0.2) is 0 Å². The van der Waals surface area contributed by atoms with Crippen LogP contribution in [0.4, 0.5) is 0 Å². The van der Waals surface area contributed by atoms with Gasteiger partial charge < -0.3 is 21.3 Å². The molecular weight excluding hydrogens is 324 g/mol. The van der Waals surface area contributed by atoms with Gasteiger partial charge in [0.05, 0.1) is 11.8 Å². The molecule has 2 unspecified atom stereocenters. The normalized spacial score (nSPS) is 12.7. The first-order valence-electron chi connectivity index (χ1n) is 9.16. The molecule has 0 aromatic rings. The molecule has 0 aromatic carbocycles. The van der Waals surface area contributed by atoms with E-state index in [2.05, 4.69) is 33.2 Å². The van der Waals surface area contributed by atoms with E-state index in [1.165, 1.54) is 6.08 Å². The van der Waals surface area contributed by atoms with Crippen LogP contribution >= 0.6 is 0 Å². The van der Waals surface area contributed by atoms with Gasteiger partial charge in [-0.3, -0.25) is 0 Å². The molecule has 0 aliphatic rings. The molecule has 0 aliphatic heterocycles. The number of nitrogens with two attached hydrogens (primary N) is 2. The standard InChI is InChI=1S/C18H28N2O2.2C2H6/c1-12(7-9-15(4)21)13(2)8-10-16(5)22-17(6)18(20)11-14(3)19;2*1-2/h8,10-12,15,21H,2-3,5-7,9,19-20H2,1,4H3;2*1-2H3/b10-8-,18-11+;;. The van der Waals surface area contributed by atoms with Crippen LogP contribution in [0, 0.1) is 5.92 Å². The van der Waals surface area contributed by atoms with Crippen molar-refractivity contribution in [2.45, 2.75) is 60.5 Å². The van der Waals surface area contributed by atoms with E-state index in [0.29, 0.717) is 17.2 Å². The summed E-state index contributed by atoms with van der Waals surface area (Å²) < 4.78 is 5.39. The SMILES string of the molecule is C=C(N)/C=C(/N)C(=C)OC(=C)/C=C\C(=C)C(C)CCC(C)O.CC.CC. The van der Waals surface area contributed by atoms with E-state index in [0.717, 1.165) is 18.4 Å². The van der Waals surface area contributed by atoms with Crippen LogP contribution in [0.15, 0.2) is 73.0 Å². The molecule has 0 aliphatic carbocycles. The molecule has 150 valence electrons. The lowest BCUT2D eigenvalue weighted by atomic mass is 9.95. The van der Waals surface area contributed by atoms with E-state index in [4.69, 9.17) is 16.2 Å². The van der Waals surface area contributed by atoms with E-state index in [9.17, 15) is 5.11 Å². The Morgan fingerprint density at radius 3 is 1.88 bits per heavy atom. The van der Waals surface area contributed by atoms with E-state index >= 15 is 0 Å². The third-order valence-electron chi connectivity index (χ3n) is 3.05. The van der Waals surface area contributed by atoms with Crippen LogP contribution in [0.25, 0.3) is 0 Å². The van der Waals surface area contributed by atoms with Crippen molar-refractivity contribution in [1.29, 1.82) is 0 Å². The van der Waals surface area contributed by atoms with Gasteiger partial charge in [0.25, 0.3) is 0 Å². The highest BCUT2D eigenvalue weighted by Gasteiger charge is 2.06. The molecule has 0 heterocycles. The van der Waals surface area contributed by atoms with E-state index in [-0.39, 0.29) is 17.8 Å². The Kier molecular flexibility index (Phi) is 19.4. The monoisotopic (exact) mass is 364 g/mol. The van der Waals surface area contributed by atoms with Gasteiger partial charge in [-0.1, -0.05) is 72.6 Å². The largest absolute Gasteiger partial charge is 0.456 e. The predicted molar refractivity (Wildman–Crippen MR) is 116 cm³/mol. The minimum absolute atomic E-state index is 0.258. The van der Waals surface area contributed by atoms with Crippen LogP contribution in [0.5, 0.6) is 0 Å². The molecule has 4 heteroatoms. The number of hydrogen-bond acceptors (Lipinski definition) is 4. The molecule has 0 saturated carbocycles. The molecule has 2 atom stereocenters. The van der Waals surface area contributed by atoms with Crippen LogP contribution < -0.4 is 11.5 Å². The molecule has 26 heavy (non-hydrogen) atoms. The van der Waals surface area contributed by atoms with Gasteiger partial charge in [0.1, 0.15) is 11.5 Å². The van der Waals surface area contributed by atoms with E-state index in [1.54, 1.807) is 13.0 Å². The molecular formula is C22H40N2O2. The molecule has 0 rings (SSSR count). The Hall–Kier alpha value is -2.20. The number of allylic oxidation sites excluding steroid dienone is 4. The summed E-state index contributed by atoms with van der Waals surface area (Å²) in [7, 11) is 0. The second-order valence-electron chi connectivity index (χ2n) is 5.40. The first kappa shape index (κ1) is 28.6. The highest BCUT2D eigenvalue weighted by Crippen LogP contribution is 2.18. The smallest absolute Gasteiger partial charge is 0.143 e. The Morgan fingerprint density at radius 2 is 1.46 bits per heavy atom. The highest BCUT2D eigenvalue weighted by molar-refractivity contribution is 5.30. The average Bonchev–Trinajstić information content (AvgIpc) is 2.60. The zero-order valence-corrected chi connectivity index (χ0v) is 17.6. The van der Waals surface area contributed by atoms with Gasteiger partial charge in [-0.15, -0.1) is 0 Å². The Bertz CT molecular complexity index is 500. The highest BCUT2D eigenvalue weighted by atomic mass is 16.5. The van der Waals surface area contributed by atoms with Gasteiger partial charge in [-0.05, 0) is 37.8 Å². The van der Waals surface area contributed by atoms with Gasteiger partial charge in [0.15, 0.2) is 0 Å². The number of hydrogen-bond donors (Lipinski definition) is 3. The number of aliphatic hydroxyl groups is 1. The molecule has 4 nitrogen and oxygen atoms in total. The molecule has 0 saturated heterocycles. The zero-order valence-electron chi connectivity index (χ0n) is 17.6. The van der Waals surface area contributed by atoms with Crippen LogP contribution in [0.2, 0.25) is 0 Å². The molecule has 5 N–H and O–H groups in total. The van der Waals surface area contributed by atoms with Crippen LogP contribution in [-0.4, -0.2) is 11.2 Å². The third-order valence-corrected chi connectivity index (χ3v) is 3.05. The van der Waals surface area contributed by atoms with Crippen LogP contribution in [-0.2, 0) is 4.74 Å². The summed E-state index contributed by atoms with van der Waals surface area (Å²) in [6.45, 7) is 26.8. The summed E-state index contributed by atoms with van der Waals surface area (Å²) in [5, 5.41) is 9.29. The summed E-state index contributed by atoms with van der Waals surface area (Å²) in [5.41, 5.74) is 12.7. The fourth-order valence-electron chi connectivity index (χ4n) is 1.57. The van der Waals surface area contributed by atoms with Crippen molar-refractivity contribution in [3.05, 3.63) is 73.0 Å². The fourth-order valence-corrected chi connectivity index (χ4v) is 1.57.